The number of hydrogen-bond donors (Lipinski definition) is 1. The van der Waals surface area contributed by atoms with Gasteiger partial charge in [0, 0.05) is 11.4 Å². The van der Waals surface area contributed by atoms with Crippen molar-refractivity contribution in [3.8, 4) is 0 Å². The Morgan fingerprint density at radius 3 is 2.75 bits per heavy atom. The highest BCUT2D eigenvalue weighted by atomic mass is 32.1. The highest BCUT2D eigenvalue weighted by Crippen LogP contribution is 2.34. The van der Waals surface area contributed by atoms with Gasteiger partial charge in [0.1, 0.15) is 5.01 Å². The molecule has 1 fully saturated rings. The summed E-state index contributed by atoms with van der Waals surface area (Å²) >= 11 is 1.75. The van der Waals surface area contributed by atoms with Crippen molar-refractivity contribution in [1.29, 1.82) is 0 Å². The lowest BCUT2D eigenvalue weighted by Gasteiger charge is -2.38. The summed E-state index contributed by atoms with van der Waals surface area (Å²) in [4.78, 5) is 19.6. The van der Waals surface area contributed by atoms with Crippen molar-refractivity contribution in [2.45, 2.75) is 47.1 Å². The van der Waals surface area contributed by atoms with Gasteiger partial charge in [-0.3, -0.25) is 9.69 Å². The van der Waals surface area contributed by atoms with Crippen molar-refractivity contribution in [3.05, 3.63) is 15.6 Å². The Hall–Kier alpha value is -0.940. The van der Waals surface area contributed by atoms with Gasteiger partial charge in [-0.1, -0.05) is 0 Å². The van der Waals surface area contributed by atoms with Gasteiger partial charge in [-0.2, -0.15) is 0 Å². The average molecular weight is 296 g/mol. The lowest BCUT2D eigenvalue weighted by molar-refractivity contribution is -0.151. The number of carbonyl (C=O) groups is 1. The van der Waals surface area contributed by atoms with E-state index in [1.807, 2.05) is 20.8 Å². The average Bonchev–Trinajstić information content (AvgIpc) is 2.68. The van der Waals surface area contributed by atoms with E-state index >= 15 is 0 Å². The number of carboxylic acid groups (broad SMARTS) is 1. The Morgan fingerprint density at radius 1 is 1.50 bits per heavy atom. The van der Waals surface area contributed by atoms with E-state index in [0.717, 1.165) is 43.2 Å². The normalized spacial score (nSPS) is 21.1. The van der Waals surface area contributed by atoms with Crippen molar-refractivity contribution < 1.29 is 9.90 Å². The fourth-order valence-corrected chi connectivity index (χ4v) is 3.74. The van der Waals surface area contributed by atoms with Crippen molar-refractivity contribution in [2.75, 3.05) is 13.1 Å². The maximum atomic E-state index is 11.4. The second-order valence-corrected chi connectivity index (χ2v) is 7.64. The summed E-state index contributed by atoms with van der Waals surface area (Å²) in [6.45, 7) is 10.6. The molecule has 112 valence electrons. The van der Waals surface area contributed by atoms with Gasteiger partial charge in [0.2, 0.25) is 0 Å². The summed E-state index contributed by atoms with van der Waals surface area (Å²) in [7, 11) is 0. The number of aromatic nitrogens is 1. The molecular formula is C15H24N2O2S. The largest absolute Gasteiger partial charge is 0.481 e. The molecule has 0 radical (unpaired) electrons. The molecule has 1 aliphatic rings. The molecule has 5 heteroatoms. The molecule has 2 heterocycles. The van der Waals surface area contributed by atoms with Crippen LogP contribution < -0.4 is 0 Å². The molecule has 20 heavy (non-hydrogen) atoms. The number of thiazole rings is 1. The van der Waals surface area contributed by atoms with E-state index in [1.165, 1.54) is 4.88 Å². The van der Waals surface area contributed by atoms with Crippen LogP contribution in [0.25, 0.3) is 0 Å². The van der Waals surface area contributed by atoms with Crippen LogP contribution in [0.1, 0.15) is 42.3 Å². The summed E-state index contributed by atoms with van der Waals surface area (Å²) in [6.07, 6.45) is 2.08. The smallest absolute Gasteiger partial charge is 0.309 e. The Bertz CT molecular complexity index is 477. The second-order valence-electron chi connectivity index (χ2n) is 6.35. The van der Waals surface area contributed by atoms with Gasteiger partial charge in [-0.05, 0) is 53.0 Å². The summed E-state index contributed by atoms with van der Waals surface area (Å²) in [6, 6.07) is 0. The van der Waals surface area contributed by atoms with Gasteiger partial charge < -0.3 is 5.11 Å². The van der Waals surface area contributed by atoms with Crippen LogP contribution in [0.3, 0.4) is 0 Å². The predicted molar refractivity (Wildman–Crippen MR) is 81.0 cm³/mol. The van der Waals surface area contributed by atoms with Crippen LogP contribution in [0.5, 0.6) is 0 Å². The van der Waals surface area contributed by atoms with Crippen LogP contribution >= 0.6 is 11.3 Å². The van der Waals surface area contributed by atoms with E-state index in [9.17, 15) is 9.90 Å². The Balaban J connectivity index is 2.02. The summed E-state index contributed by atoms with van der Waals surface area (Å²) in [5.41, 5.74) is 0.470. The number of hydrogen-bond acceptors (Lipinski definition) is 4. The highest BCUT2D eigenvalue weighted by Gasteiger charge is 2.39. The van der Waals surface area contributed by atoms with E-state index in [4.69, 9.17) is 0 Å². The zero-order valence-electron chi connectivity index (χ0n) is 12.8. The minimum absolute atomic E-state index is 0.218. The third kappa shape index (κ3) is 3.20. The van der Waals surface area contributed by atoms with E-state index in [-0.39, 0.29) is 5.92 Å². The van der Waals surface area contributed by atoms with Crippen LogP contribution in [0.15, 0.2) is 0 Å². The molecule has 1 N–H and O–H groups in total. The Labute approximate surface area is 124 Å². The van der Waals surface area contributed by atoms with Crippen LogP contribution in [-0.4, -0.2) is 34.0 Å². The molecule has 1 saturated heterocycles. The lowest BCUT2D eigenvalue weighted by Crippen LogP contribution is -2.44. The molecule has 4 nitrogen and oxygen atoms in total. The number of nitrogens with zero attached hydrogens (tertiary/aromatic N) is 2. The molecule has 0 spiro atoms. The molecule has 0 bridgehead atoms. The fraction of sp³-hybridized carbons (Fsp3) is 0.733. The standard InChI is InChI=1S/C15H24N2O2S/c1-10-11(2)20-13(16-10)9-17-7-5-6-12(8-17)15(3,4)14(18)19/h12H,5-9H2,1-4H3,(H,18,19). The molecule has 1 atom stereocenters. The number of aliphatic carboxylic acids is 1. The molecule has 1 aliphatic heterocycles. The quantitative estimate of drug-likeness (QED) is 0.927. The lowest BCUT2D eigenvalue weighted by atomic mass is 9.74. The minimum Gasteiger partial charge on any atom is -0.481 e. The molecule has 0 saturated carbocycles. The Kier molecular flexibility index (Phi) is 4.49. The first kappa shape index (κ1) is 15.4. The van der Waals surface area contributed by atoms with Gasteiger partial charge >= 0.3 is 5.97 Å². The summed E-state index contributed by atoms with van der Waals surface area (Å²) in [5.74, 6) is -0.471. The van der Waals surface area contributed by atoms with E-state index in [2.05, 4.69) is 16.8 Å². The zero-order chi connectivity index (χ0) is 14.9. The third-order valence-corrected chi connectivity index (χ3v) is 5.57. The maximum absolute atomic E-state index is 11.4. The van der Waals surface area contributed by atoms with E-state index in [1.54, 1.807) is 11.3 Å². The summed E-state index contributed by atoms with van der Waals surface area (Å²) < 4.78 is 0. The van der Waals surface area contributed by atoms with Crippen LogP contribution in [0.4, 0.5) is 0 Å². The van der Waals surface area contributed by atoms with Crippen LogP contribution in [0, 0.1) is 25.2 Å². The number of rotatable bonds is 4. The monoisotopic (exact) mass is 296 g/mol. The molecule has 1 unspecified atom stereocenters. The second kappa shape index (κ2) is 5.82. The molecular weight excluding hydrogens is 272 g/mol. The molecule has 0 amide bonds. The Morgan fingerprint density at radius 2 is 2.20 bits per heavy atom. The first-order valence-electron chi connectivity index (χ1n) is 7.19. The SMILES string of the molecule is Cc1nc(CN2CCCC(C(C)(C)C(=O)O)C2)sc1C. The predicted octanol–water partition coefficient (Wildman–Crippen LogP) is 3.08. The summed E-state index contributed by atoms with van der Waals surface area (Å²) in [5, 5.41) is 10.5. The molecule has 1 aromatic heterocycles. The third-order valence-electron chi connectivity index (χ3n) is 4.51. The van der Waals surface area contributed by atoms with Crippen molar-refractivity contribution in [1.82, 2.24) is 9.88 Å². The molecule has 0 aliphatic carbocycles. The number of aryl methyl sites for hydroxylation is 2. The van der Waals surface area contributed by atoms with Gasteiger partial charge in [0.25, 0.3) is 0 Å². The van der Waals surface area contributed by atoms with Crippen molar-refractivity contribution in [3.63, 3.8) is 0 Å². The number of carboxylic acids is 1. The topological polar surface area (TPSA) is 53.4 Å². The molecule has 0 aromatic carbocycles. The number of piperidine rings is 1. The first-order valence-corrected chi connectivity index (χ1v) is 8.01. The minimum atomic E-state index is -0.690. The van der Waals surface area contributed by atoms with Crippen LogP contribution in [0.2, 0.25) is 0 Å². The molecule has 1 aromatic rings. The van der Waals surface area contributed by atoms with Crippen molar-refractivity contribution in [2.24, 2.45) is 11.3 Å². The fourth-order valence-electron chi connectivity index (χ4n) is 2.76. The maximum Gasteiger partial charge on any atom is 0.309 e. The molecule has 2 rings (SSSR count). The van der Waals surface area contributed by atoms with E-state index in [0.29, 0.717) is 0 Å². The first-order chi connectivity index (χ1) is 9.30. The highest BCUT2D eigenvalue weighted by molar-refractivity contribution is 7.11. The van der Waals surface area contributed by atoms with Gasteiger partial charge in [0.05, 0.1) is 17.7 Å². The zero-order valence-corrected chi connectivity index (χ0v) is 13.6. The van der Waals surface area contributed by atoms with Gasteiger partial charge in [0.15, 0.2) is 0 Å². The van der Waals surface area contributed by atoms with Crippen LogP contribution in [-0.2, 0) is 11.3 Å². The van der Waals surface area contributed by atoms with Gasteiger partial charge in [-0.15, -0.1) is 11.3 Å². The van der Waals surface area contributed by atoms with Crippen molar-refractivity contribution >= 4 is 17.3 Å². The van der Waals surface area contributed by atoms with Gasteiger partial charge in [-0.25, -0.2) is 4.98 Å². The number of likely N-dealkylation sites (tertiary alicyclic amines) is 1. The van der Waals surface area contributed by atoms with E-state index < -0.39 is 11.4 Å².